The van der Waals surface area contributed by atoms with Crippen molar-refractivity contribution in [2.24, 2.45) is 16.7 Å². The fourth-order valence-corrected chi connectivity index (χ4v) is 5.51. The molecule has 4 aliphatic rings. The lowest BCUT2D eigenvalue weighted by atomic mass is 9.43. The van der Waals surface area contributed by atoms with Crippen LogP contribution in [0.15, 0.2) is 0 Å². The number of hydrogen-bond acceptors (Lipinski definition) is 0. The van der Waals surface area contributed by atoms with E-state index in [0.29, 0.717) is 10.8 Å². The molecule has 4 atom stereocenters. The molecule has 0 aromatic rings. The minimum atomic E-state index is 0.0584. The van der Waals surface area contributed by atoms with E-state index in [1.54, 1.807) is 0 Å². The van der Waals surface area contributed by atoms with Crippen molar-refractivity contribution >= 4 is 0 Å². The SMILES string of the molecule is [C-]#[N+]C12CC3C[C@@](C)(C1)C[C@](C)(C3)C2. The van der Waals surface area contributed by atoms with Crippen LogP contribution in [-0.4, -0.2) is 5.54 Å². The van der Waals surface area contributed by atoms with Gasteiger partial charge in [-0.05, 0) is 36.0 Å². The molecular formula is C13H19N. The maximum atomic E-state index is 7.48. The first kappa shape index (κ1) is 8.77. The molecule has 0 saturated heterocycles. The third-order valence-corrected chi connectivity index (χ3v) is 4.83. The second-order valence-corrected chi connectivity index (χ2v) is 6.97. The maximum absolute atomic E-state index is 7.48. The Labute approximate surface area is 86.7 Å². The molecule has 0 aromatic carbocycles. The van der Waals surface area contributed by atoms with Crippen molar-refractivity contribution in [3.8, 4) is 0 Å². The Morgan fingerprint density at radius 2 is 1.57 bits per heavy atom. The molecule has 0 amide bonds. The molecule has 4 aliphatic carbocycles. The van der Waals surface area contributed by atoms with Gasteiger partial charge in [0.15, 0.2) is 0 Å². The van der Waals surface area contributed by atoms with Crippen molar-refractivity contribution in [3.05, 3.63) is 11.4 Å². The van der Waals surface area contributed by atoms with Gasteiger partial charge in [-0.3, -0.25) is 0 Å². The Balaban J connectivity index is 2.06. The molecule has 0 heterocycles. The van der Waals surface area contributed by atoms with E-state index in [1.165, 1.54) is 38.5 Å². The minimum Gasteiger partial charge on any atom is -0.310 e. The van der Waals surface area contributed by atoms with Gasteiger partial charge in [-0.1, -0.05) is 13.8 Å². The molecule has 0 aromatic heterocycles. The van der Waals surface area contributed by atoms with Crippen LogP contribution in [0, 0.1) is 23.3 Å². The van der Waals surface area contributed by atoms with Crippen molar-refractivity contribution in [2.75, 3.05) is 0 Å². The highest BCUT2D eigenvalue weighted by atomic mass is 14.9. The summed E-state index contributed by atoms with van der Waals surface area (Å²) in [7, 11) is 0. The molecule has 4 bridgehead atoms. The smallest absolute Gasteiger partial charge is 0.234 e. The second-order valence-electron chi connectivity index (χ2n) is 6.97. The van der Waals surface area contributed by atoms with Gasteiger partial charge >= 0.3 is 0 Å². The van der Waals surface area contributed by atoms with E-state index in [9.17, 15) is 0 Å². The molecule has 1 heteroatoms. The van der Waals surface area contributed by atoms with Crippen molar-refractivity contribution in [3.63, 3.8) is 0 Å². The summed E-state index contributed by atoms with van der Waals surface area (Å²) in [5.74, 6) is 0.871. The Bertz CT molecular complexity index is 307. The molecule has 14 heavy (non-hydrogen) atoms. The van der Waals surface area contributed by atoms with Gasteiger partial charge in [-0.2, -0.15) is 0 Å². The van der Waals surface area contributed by atoms with Crippen molar-refractivity contribution < 1.29 is 0 Å². The lowest BCUT2D eigenvalue weighted by molar-refractivity contribution is -0.0919. The van der Waals surface area contributed by atoms with E-state index in [1.807, 2.05) is 0 Å². The van der Waals surface area contributed by atoms with Gasteiger partial charge in [0.2, 0.25) is 5.54 Å². The van der Waals surface area contributed by atoms with Crippen LogP contribution < -0.4 is 0 Å². The summed E-state index contributed by atoms with van der Waals surface area (Å²) in [5, 5.41) is 0. The summed E-state index contributed by atoms with van der Waals surface area (Å²) < 4.78 is 0. The van der Waals surface area contributed by atoms with Crippen LogP contribution in [0.1, 0.15) is 52.4 Å². The van der Waals surface area contributed by atoms with Crippen molar-refractivity contribution in [1.82, 2.24) is 0 Å². The van der Waals surface area contributed by atoms with Crippen LogP contribution in [-0.2, 0) is 0 Å². The highest BCUT2D eigenvalue weighted by molar-refractivity contribution is 5.18. The fourth-order valence-electron chi connectivity index (χ4n) is 5.51. The van der Waals surface area contributed by atoms with E-state index in [0.717, 1.165) is 5.92 Å². The molecule has 4 saturated carbocycles. The van der Waals surface area contributed by atoms with E-state index in [4.69, 9.17) is 6.57 Å². The molecule has 2 unspecified atom stereocenters. The third kappa shape index (κ3) is 1.00. The van der Waals surface area contributed by atoms with Crippen LogP contribution in [0.2, 0.25) is 0 Å². The largest absolute Gasteiger partial charge is 0.310 e. The minimum absolute atomic E-state index is 0.0584. The first-order chi connectivity index (χ1) is 6.47. The van der Waals surface area contributed by atoms with Crippen LogP contribution >= 0.6 is 0 Å². The van der Waals surface area contributed by atoms with Crippen LogP contribution in [0.3, 0.4) is 0 Å². The third-order valence-electron chi connectivity index (χ3n) is 4.83. The van der Waals surface area contributed by atoms with Crippen LogP contribution in [0.5, 0.6) is 0 Å². The van der Waals surface area contributed by atoms with E-state index < -0.39 is 0 Å². The monoisotopic (exact) mass is 189 g/mol. The van der Waals surface area contributed by atoms with Crippen LogP contribution in [0.4, 0.5) is 0 Å². The zero-order valence-electron chi connectivity index (χ0n) is 9.27. The molecule has 76 valence electrons. The van der Waals surface area contributed by atoms with Gasteiger partial charge in [0, 0.05) is 19.3 Å². The average Bonchev–Trinajstić information content (AvgIpc) is 1.97. The normalized spacial score (nSPS) is 59.9. The maximum Gasteiger partial charge on any atom is 0.234 e. The van der Waals surface area contributed by atoms with Gasteiger partial charge in [0.25, 0.3) is 0 Å². The van der Waals surface area contributed by atoms with Crippen LogP contribution in [0.25, 0.3) is 4.85 Å². The number of hydrogen-bond donors (Lipinski definition) is 0. The Hall–Kier alpha value is -0.510. The quantitative estimate of drug-likeness (QED) is 0.512. The summed E-state index contributed by atoms with van der Waals surface area (Å²) >= 11 is 0. The predicted molar refractivity (Wildman–Crippen MR) is 56.7 cm³/mol. The Morgan fingerprint density at radius 1 is 1.00 bits per heavy atom. The summed E-state index contributed by atoms with van der Waals surface area (Å²) in [5.41, 5.74) is 1.08. The van der Waals surface area contributed by atoms with E-state index in [2.05, 4.69) is 18.7 Å². The van der Waals surface area contributed by atoms with Gasteiger partial charge in [0.1, 0.15) is 0 Å². The van der Waals surface area contributed by atoms with Gasteiger partial charge in [-0.15, -0.1) is 0 Å². The lowest BCUT2D eigenvalue weighted by Crippen LogP contribution is -2.57. The topological polar surface area (TPSA) is 4.36 Å². The molecule has 4 rings (SSSR count). The average molecular weight is 189 g/mol. The molecule has 0 radical (unpaired) electrons. The van der Waals surface area contributed by atoms with E-state index >= 15 is 0 Å². The first-order valence-electron chi connectivity index (χ1n) is 5.85. The summed E-state index contributed by atoms with van der Waals surface area (Å²) in [6.45, 7) is 12.3. The summed E-state index contributed by atoms with van der Waals surface area (Å²) in [4.78, 5) is 4.02. The van der Waals surface area contributed by atoms with Crippen molar-refractivity contribution in [2.45, 2.75) is 57.9 Å². The Morgan fingerprint density at radius 3 is 2.00 bits per heavy atom. The highest BCUT2D eigenvalue weighted by Gasteiger charge is 2.63. The fraction of sp³-hybridized carbons (Fsp3) is 0.923. The van der Waals surface area contributed by atoms with Gasteiger partial charge in [-0.25, -0.2) is 6.57 Å². The second kappa shape index (κ2) is 2.18. The summed E-state index contributed by atoms with van der Waals surface area (Å²) in [6, 6.07) is 0. The highest BCUT2D eigenvalue weighted by Crippen LogP contribution is 2.67. The lowest BCUT2D eigenvalue weighted by Gasteiger charge is -2.60. The molecule has 0 N–H and O–H groups in total. The van der Waals surface area contributed by atoms with Gasteiger partial charge < -0.3 is 4.85 Å². The molecule has 1 nitrogen and oxygen atoms in total. The number of nitrogens with zero attached hydrogens (tertiary/aromatic N) is 1. The van der Waals surface area contributed by atoms with E-state index in [-0.39, 0.29) is 5.54 Å². The number of rotatable bonds is 0. The van der Waals surface area contributed by atoms with Crippen molar-refractivity contribution in [1.29, 1.82) is 0 Å². The van der Waals surface area contributed by atoms with Gasteiger partial charge in [0.05, 0.1) is 0 Å². The zero-order chi connectivity index (χ0) is 10.0. The standard InChI is InChI=1S/C13H19N/c1-11-4-10-5-12(2,7-11)9-13(6-10,8-11)14-3/h10H,4-9H2,1-2H3/t10?,11-,12+,13?. The molecule has 0 spiro atoms. The predicted octanol–water partition coefficient (Wildman–Crippen LogP) is 3.65. The first-order valence-corrected chi connectivity index (χ1v) is 5.85. The molecule has 4 fully saturated rings. The zero-order valence-corrected chi connectivity index (χ0v) is 9.27. The summed E-state index contributed by atoms with van der Waals surface area (Å²) in [6.07, 6.45) is 7.78. The Kier molecular flexibility index (Phi) is 1.37. The molecular weight excluding hydrogens is 170 g/mol. The molecule has 0 aliphatic heterocycles.